The maximum Gasteiger partial charge on any atom is 0.151 e. The van der Waals surface area contributed by atoms with Crippen LogP contribution < -0.4 is 10.6 Å². The predicted octanol–water partition coefficient (Wildman–Crippen LogP) is 1.96. The number of nitrogens with two attached hydrogens (primary N) is 1. The fraction of sp³-hybridized carbons (Fsp3) is 0.583. The van der Waals surface area contributed by atoms with Gasteiger partial charge in [0.15, 0.2) is 5.82 Å². The summed E-state index contributed by atoms with van der Waals surface area (Å²) in [6.07, 6.45) is 1.80. The highest BCUT2D eigenvalue weighted by molar-refractivity contribution is 9.10. The van der Waals surface area contributed by atoms with E-state index in [1.165, 1.54) is 0 Å². The monoisotopic (exact) mass is 298 g/mol. The first kappa shape index (κ1) is 12.6. The molecule has 0 atom stereocenters. The van der Waals surface area contributed by atoms with Gasteiger partial charge in [-0.1, -0.05) is 0 Å². The summed E-state index contributed by atoms with van der Waals surface area (Å²) in [4.78, 5) is 9.07. The molecule has 0 aliphatic carbocycles. The van der Waals surface area contributed by atoms with Crippen molar-refractivity contribution in [2.75, 3.05) is 37.3 Å². The lowest BCUT2D eigenvalue weighted by Crippen LogP contribution is -2.58. The molecule has 5 heteroatoms. The molecule has 1 aromatic rings. The standard InChI is InChI=1S/C12H19BrN4/c1-12(2)8-17(5-4-16(12)3)11-10(14)6-9(13)7-15-11/h6-7H,4-5,8,14H2,1-3H3. The molecule has 1 aromatic heterocycles. The van der Waals surface area contributed by atoms with E-state index in [0.717, 1.165) is 35.6 Å². The Morgan fingerprint density at radius 3 is 2.71 bits per heavy atom. The van der Waals surface area contributed by atoms with Gasteiger partial charge in [0.25, 0.3) is 0 Å². The van der Waals surface area contributed by atoms with Crippen LogP contribution >= 0.6 is 15.9 Å². The van der Waals surface area contributed by atoms with Crippen LogP contribution in [0.15, 0.2) is 16.7 Å². The molecule has 1 aliphatic rings. The summed E-state index contributed by atoms with van der Waals surface area (Å²) in [5.41, 5.74) is 6.92. The lowest BCUT2D eigenvalue weighted by molar-refractivity contribution is 0.138. The van der Waals surface area contributed by atoms with Gasteiger partial charge in [-0.25, -0.2) is 4.98 Å². The number of halogens is 1. The SMILES string of the molecule is CN1CCN(c2ncc(Br)cc2N)CC1(C)C. The second-order valence-corrected chi connectivity index (χ2v) is 6.14. The maximum absolute atomic E-state index is 6.03. The predicted molar refractivity (Wildman–Crippen MR) is 75.3 cm³/mol. The van der Waals surface area contributed by atoms with E-state index in [9.17, 15) is 0 Å². The number of hydrogen-bond donors (Lipinski definition) is 1. The first-order valence-electron chi connectivity index (χ1n) is 5.77. The van der Waals surface area contributed by atoms with E-state index in [1.54, 1.807) is 6.20 Å². The molecule has 17 heavy (non-hydrogen) atoms. The fourth-order valence-corrected chi connectivity index (χ4v) is 2.48. The van der Waals surface area contributed by atoms with Gasteiger partial charge in [0.05, 0.1) is 5.69 Å². The van der Waals surface area contributed by atoms with Gasteiger partial charge in [0, 0.05) is 35.8 Å². The van der Waals surface area contributed by atoms with Gasteiger partial charge in [-0.05, 0) is 42.9 Å². The molecule has 1 saturated heterocycles. The summed E-state index contributed by atoms with van der Waals surface area (Å²) < 4.78 is 0.923. The molecule has 0 bridgehead atoms. The van der Waals surface area contributed by atoms with E-state index in [-0.39, 0.29) is 5.54 Å². The molecule has 2 rings (SSSR count). The van der Waals surface area contributed by atoms with Crippen LogP contribution in [0.1, 0.15) is 13.8 Å². The number of likely N-dealkylation sites (N-methyl/N-ethyl adjacent to an activating group) is 1. The average Bonchev–Trinajstić information content (AvgIpc) is 2.22. The van der Waals surface area contributed by atoms with E-state index in [1.807, 2.05) is 6.07 Å². The van der Waals surface area contributed by atoms with Crippen molar-refractivity contribution in [2.24, 2.45) is 0 Å². The first-order chi connectivity index (χ1) is 7.90. The molecule has 0 amide bonds. The van der Waals surface area contributed by atoms with E-state index in [0.29, 0.717) is 0 Å². The van der Waals surface area contributed by atoms with Gasteiger partial charge >= 0.3 is 0 Å². The smallest absolute Gasteiger partial charge is 0.151 e. The molecule has 1 aliphatic heterocycles. The molecule has 94 valence electrons. The number of nitrogen functional groups attached to an aromatic ring is 1. The lowest BCUT2D eigenvalue weighted by atomic mass is 10.00. The molecular weight excluding hydrogens is 280 g/mol. The minimum absolute atomic E-state index is 0.152. The van der Waals surface area contributed by atoms with Crippen LogP contribution in [0, 0.1) is 0 Å². The van der Waals surface area contributed by atoms with Crippen molar-refractivity contribution in [2.45, 2.75) is 19.4 Å². The van der Waals surface area contributed by atoms with Gasteiger partial charge in [0.2, 0.25) is 0 Å². The van der Waals surface area contributed by atoms with Crippen LogP contribution in [0.5, 0.6) is 0 Å². The van der Waals surface area contributed by atoms with Crippen molar-refractivity contribution in [1.29, 1.82) is 0 Å². The minimum Gasteiger partial charge on any atom is -0.396 e. The quantitative estimate of drug-likeness (QED) is 0.861. The highest BCUT2D eigenvalue weighted by Crippen LogP contribution is 2.28. The van der Waals surface area contributed by atoms with Crippen LogP contribution in [-0.4, -0.2) is 42.1 Å². The zero-order valence-corrected chi connectivity index (χ0v) is 12.2. The zero-order chi connectivity index (χ0) is 12.6. The number of anilines is 2. The Bertz CT molecular complexity index is 419. The summed E-state index contributed by atoms with van der Waals surface area (Å²) in [7, 11) is 2.16. The van der Waals surface area contributed by atoms with E-state index >= 15 is 0 Å². The number of pyridine rings is 1. The largest absolute Gasteiger partial charge is 0.396 e. The number of nitrogens with zero attached hydrogens (tertiary/aromatic N) is 3. The fourth-order valence-electron chi connectivity index (χ4n) is 2.13. The molecule has 1 fully saturated rings. The molecule has 0 aromatic carbocycles. The van der Waals surface area contributed by atoms with E-state index in [4.69, 9.17) is 5.73 Å². The first-order valence-corrected chi connectivity index (χ1v) is 6.57. The third-order valence-electron chi connectivity index (χ3n) is 3.48. The zero-order valence-electron chi connectivity index (χ0n) is 10.6. The Kier molecular flexibility index (Phi) is 3.32. The molecular formula is C12H19BrN4. The molecule has 4 nitrogen and oxygen atoms in total. The minimum atomic E-state index is 0.152. The summed E-state index contributed by atoms with van der Waals surface area (Å²) in [5.74, 6) is 0.898. The highest BCUT2D eigenvalue weighted by atomic mass is 79.9. The topological polar surface area (TPSA) is 45.4 Å². The van der Waals surface area contributed by atoms with Crippen molar-refractivity contribution in [3.05, 3.63) is 16.7 Å². The highest BCUT2D eigenvalue weighted by Gasteiger charge is 2.32. The van der Waals surface area contributed by atoms with Gasteiger partial charge < -0.3 is 10.6 Å². The molecule has 2 N–H and O–H groups in total. The molecule has 2 heterocycles. The Morgan fingerprint density at radius 1 is 1.41 bits per heavy atom. The maximum atomic E-state index is 6.03. The van der Waals surface area contributed by atoms with Crippen molar-refractivity contribution >= 4 is 27.4 Å². The summed E-state index contributed by atoms with van der Waals surface area (Å²) in [6, 6.07) is 1.91. The van der Waals surface area contributed by atoms with Crippen LogP contribution in [0.3, 0.4) is 0 Å². The lowest BCUT2D eigenvalue weighted by Gasteiger charge is -2.46. The summed E-state index contributed by atoms with van der Waals surface area (Å²) in [6.45, 7) is 7.44. The van der Waals surface area contributed by atoms with Gasteiger partial charge in [0.1, 0.15) is 0 Å². The Morgan fingerprint density at radius 2 is 2.12 bits per heavy atom. The van der Waals surface area contributed by atoms with Crippen LogP contribution in [0.2, 0.25) is 0 Å². The number of hydrogen-bond acceptors (Lipinski definition) is 4. The van der Waals surface area contributed by atoms with E-state index in [2.05, 4.69) is 51.6 Å². The Hall–Kier alpha value is -0.810. The normalized spacial score (nSPS) is 20.6. The van der Waals surface area contributed by atoms with Crippen LogP contribution in [0.25, 0.3) is 0 Å². The Labute approximate surface area is 111 Å². The number of piperazine rings is 1. The van der Waals surface area contributed by atoms with Gasteiger partial charge in [-0.2, -0.15) is 0 Å². The van der Waals surface area contributed by atoms with Gasteiger partial charge in [-0.3, -0.25) is 4.90 Å². The Balaban J connectivity index is 2.24. The third kappa shape index (κ3) is 2.55. The van der Waals surface area contributed by atoms with Crippen LogP contribution in [0.4, 0.5) is 11.5 Å². The van der Waals surface area contributed by atoms with Crippen molar-refractivity contribution in [1.82, 2.24) is 9.88 Å². The molecule has 0 saturated carbocycles. The number of aromatic nitrogens is 1. The molecule has 0 radical (unpaired) electrons. The summed E-state index contributed by atoms with van der Waals surface area (Å²) in [5, 5.41) is 0. The van der Waals surface area contributed by atoms with Crippen LogP contribution in [-0.2, 0) is 0 Å². The molecule has 0 unspecified atom stereocenters. The average molecular weight is 299 g/mol. The van der Waals surface area contributed by atoms with Crippen molar-refractivity contribution in [3.8, 4) is 0 Å². The second kappa shape index (κ2) is 4.46. The number of rotatable bonds is 1. The second-order valence-electron chi connectivity index (χ2n) is 5.22. The van der Waals surface area contributed by atoms with E-state index < -0.39 is 0 Å². The third-order valence-corrected chi connectivity index (χ3v) is 3.91. The van der Waals surface area contributed by atoms with Gasteiger partial charge in [-0.15, -0.1) is 0 Å². The van der Waals surface area contributed by atoms with Crippen molar-refractivity contribution < 1.29 is 0 Å². The van der Waals surface area contributed by atoms with Crippen molar-refractivity contribution in [3.63, 3.8) is 0 Å². The summed E-state index contributed by atoms with van der Waals surface area (Å²) >= 11 is 3.38. The molecule has 0 spiro atoms.